The molecule has 2 atom stereocenters. The average molecular weight is 399 g/mol. The number of nitrogens with one attached hydrogen (secondary N) is 3. The van der Waals surface area contributed by atoms with Gasteiger partial charge in [-0.15, -0.1) is 0 Å². The SMILES string of the molecule is CC[C@H](C)[C@@H](NC(=O)Cc1ccc(Cl)cc1)C(=O)Nc1nc2ccccc2[nH]1. The number of amides is 2. The smallest absolute Gasteiger partial charge is 0.249 e. The van der Waals surface area contributed by atoms with E-state index in [-0.39, 0.29) is 24.2 Å². The van der Waals surface area contributed by atoms with Crippen molar-refractivity contribution in [3.8, 4) is 0 Å². The molecule has 3 aromatic rings. The first-order valence-electron chi connectivity index (χ1n) is 9.25. The summed E-state index contributed by atoms with van der Waals surface area (Å²) < 4.78 is 0. The summed E-state index contributed by atoms with van der Waals surface area (Å²) in [4.78, 5) is 32.7. The van der Waals surface area contributed by atoms with Crippen molar-refractivity contribution >= 4 is 40.4 Å². The summed E-state index contributed by atoms with van der Waals surface area (Å²) in [6.45, 7) is 3.92. The summed E-state index contributed by atoms with van der Waals surface area (Å²) in [5, 5.41) is 6.26. The van der Waals surface area contributed by atoms with E-state index in [1.165, 1.54) is 0 Å². The minimum absolute atomic E-state index is 0.0291. The quantitative estimate of drug-likeness (QED) is 0.563. The number of imidazole rings is 1. The summed E-state index contributed by atoms with van der Waals surface area (Å²) >= 11 is 5.88. The van der Waals surface area contributed by atoms with E-state index in [4.69, 9.17) is 11.6 Å². The molecule has 0 fully saturated rings. The van der Waals surface area contributed by atoms with Crippen LogP contribution in [0.25, 0.3) is 11.0 Å². The highest BCUT2D eigenvalue weighted by Crippen LogP contribution is 2.16. The minimum Gasteiger partial charge on any atom is -0.344 e. The van der Waals surface area contributed by atoms with Gasteiger partial charge >= 0.3 is 0 Å². The van der Waals surface area contributed by atoms with Gasteiger partial charge in [-0.3, -0.25) is 14.9 Å². The van der Waals surface area contributed by atoms with Crippen molar-refractivity contribution in [3.05, 3.63) is 59.1 Å². The molecule has 1 heterocycles. The van der Waals surface area contributed by atoms with Gasteiger partial charge in [0.25, 0.3) is 0 Å². The molecule has 28 heavy (non-hydrogen) atoms. The second-order valence-corrected chi connectivity index (χ2v) is 7.26. The van der Waals surface area contributed by atoms with Gasteiger partial charge in [0.1, 0.15) is 6.04 Å². The van der Waals surface area contributed by atoms with Gasteiger partial charge in [-0.1, -0.05) is 56.1 Å². The monoisotopic (exact) mass is 398 g/mol. The Morgan fingerprint density at radius 1 is 1.14 bits per heavy atom. The number of benzene rings is 2. The van der Waals surface area contributed by atoms with E-state index in [2.05, 4.69) is 20.6 Å². The first-order chi connectivity index (χ1) is 13.5. The normalized spacial score (nSPS) is 13.1. The highest BCUT2D eigenvalue weighted by atomic mass is 35.5. The maximum absolute atomic E-state index is 12.8. The van der Waals surface area contributed by atoms with E-state index in [1.54, 1.807) is 24.3 Å². The van der Waals surface area contributed by atoms with Crippen LogP contribution in [-0.2, 0) is 16.0 Å². The average Bonchev–Trinajstić information content (AvgIpc) is 3.09. The molecule has 3 N–H and O–H groups in total. The number of nitrogens with zero attached hydrogens (tertiary/aromatic N) is 1. The number of carbonyl (C=O) groups is 2. The largest absolute Gasteiger partial charge is 0.344 e. The number of aromatic amines is 1. The molecule has 3 rings (SSSR count). The second kappa shape index (κ2) is 8.89. The van der Waals surface area contributed by atoms with Crippen LogP contribution in [0.2, 0.25) is 5.02 Å². The number of anilines is 1. The fraction of sp³-hybridized carbons (Fsp3) is 0.286. The molecule has 1 aromatic heterocycles. The van der Waals surface area contributed by atoms with Gasteiger partial charge in [-0.2, -0.15) is 0 Å². The molecule has 0 unspecified atom stereocenters. The Labute approximate surface area is 168 Å². The van der Waals surface area contributed by atoms with Crippen LogP contribution >= 0.6 is 11.6 Å². The van der Waals surface area contributed by atoms with Crippen molar-refractivity contribution in [3.63, 3.8) is 0 Å². The summed E-state index contributed by atoms with van der Waals surface area (Å²) in [5.74, 6) is -0.171. The van der Waals surface area contributed by atoms with Gasteiger partial charge in [0.15, 0.2) is 0 Å². The molecule has 146 valence electrons. The Kier molecular flexibility index (Phi) is 6.31. The Balaban J connectivity index is 1.68. The summed E-state index contributed by atoms with van der Waals surface area (Å²) in [7, 11) is 0. The van der Waals surface area contributed by atoms with Crippen LogP contribution < -0.4 is 10.6 Å². The van der Waals surface area contributed by atoms with Crippen LogP contribution in [-0.4, -0.2) is 27.8 Å². The summed E-state index contributed by atoms with van der Waals surface area (Å²) in [6, 6.07) is 14.0. The molecule has 7 heteroatoms. The number of para-hydroxylation sites is 2. The van der Waals surface area contributed by atoms with Crippen LogP contribution in [0.1, 0.15) is 25.8 Å². The maximum atomic E-state index is 12.8. The van der Waals surface area contributed by atoms with E-state index in [9.17, 15) is 9.59 Å². The molecular weight excluding hydrogens is 376 g/mol. The van der Waals surface area contributed by atoms with Crippen molar-refractivity contribution in [1.82, 2.24) is 15.3 Å². The van der Waals surface area contributed by atoms with Crippen molar-refractivity contribution in [2.75, 3.05) is 5.32 Å². The third kappa shape index (κ3) is 4.89. The van der Waals surface area contributed by atoms with Gasteiger partial charge in [0, 0.05) is 5.02 Å². The lowest BCUT2D eigenvalue weighted by Gasteiger charge is -2.23. The minimum atomic E-state index is -0.655. The Morgan fingerprint density at radius 2 is 1.86 bits per heavy atom. The molecule has 0 saturated carbocycles. The Morgan fingerprint density at radius 3 is 2.54 bits per heavy atom. The molecule has 2 amide bonds. The first-order valence-corrected chi connectivity index (χ1v) is 9.63. The third-order valence-corrected chi connectivity index (χ3v) is 4.97. The fourth-order valence-corrected chi connectivity index (χ4v) is 3.05. The Hall–Kier alpha value is -2.86. The second-order valence-electron chi connectivity index (χ2n) is 6.83. The van der Waals surface area contributed by atoms with Gasteiger partial charge in [-0.05, 0) is 35.7 Å². The standard InChI is InChI=1S/C21H23ClN4O2/c1-3-13(2)19(25-18(27)12-14-8-10-15(22)11-9-14)20(28)26-21-23-16-6-4-5-7-17(16)24-21/h4-11,13,19H,3,12H2,1-2H3,(H,25,27)(H2,23,24,26,28)/t13-,19+/m0/s1. The van der Waals surface area contributed by atoms with Crippen molar-refractivity contribution in [1.29, 1.82) is 0 Å². The third-order valence-electron chi connectivity index (χ3n) is 4.72. The number of hydrogen-bond acceptors (Lipinski definition) is 3. The van der Waals surface area contributed by atoms with E-state index in [1.807, 2.05) is 38.1 Å². The van der Waals surface area contributed by atoms with Crippen LogP contribution in [0.5, 0.6) is 0 Å². The number of hydrogen-bond donors (Lipinski definition) is 3. The van der Waals surface area contributed by atoms with Gasteiger partial charge in [0.05, 0.1) is 17.5 Å². The van der Waals surface area contributed by atoms with Crippen molar-refractivity contribution in [2.45, 2.75) is 32.7 Å². The van der Waals surface area contributed by atoms with Gasteiger partial charge in [0.2, 0.25) is 17.8 Å². The molecule has 0 bridgehead atoms. The predicted octanol–water partition coefficient (Wildman–Crippen LogP) is 3.93. The highest BCUT2D eigenvalue weighted by Gasteiger charge is 2.26. The molecule has 0 aliphatic rings. The predicted molar refractivity (Wildman–Crippen MR) is 111 cm³/mol. The fourth-order valence-electron chi connectivity index (χ4n) is 2.92. The van der Waals surface area contributed by atoms with Gasteiger partial charge in [-0.25, -0.2) is 4.98 Å². The molecule has 6 nitrogen and oxygen atoms in total. The summed E-state index contributed by atoms with van der Waals surface area (Å²) in [5.41, 5.74) is 2.44. The zero-order valence-corrected chi connectivity index (χ0v) is 16.6. The highest BCUT2D eigenvalue weighted by molar-refractivity contribution is 6.30. The molecule has 0 aliphatic heterocycles. The first kappa shape index (κ1) is 19.9. The van der Waals surface area contributed by atoms with Gasteiger partial charge < -0.3 is 10.3 Å². The summed E-state index contributed by atoms with van der Waals surface area (Å²) in [6.07, 6.45) is 0.932. The van der Waals surface area contributed by atoms with E-state index in [0.717, 1.165) is 23.0 Å². The Bertz CT molecular complexity index is 935. The van der Waals surface area contributed by atoms with E-state index >= 15 is 0 Å². The lowest BCUT2D eigenvalue weighted by atomic mass is 9.98. The number of aromatic nitrogens is 2. The number of fused-ring (bicyclic) bond motifs is 1. The molecule has 0 saturated heterocycles. The topological polar surface area (TPSA) is 86.9 Å². The zero-order chi connectivity index (χ0) is 20.1. The van der Waals surface area contributed by atoms with Crippen molar-refractivity contribution < 1.29 is 9.59 Å². The maximum Gasteiger partial charge on any atom is 0.249 e. The lowest BCUT2D eigenvalue weighted by Crippen LogP contribution is -2.48. The molecule has 0 radical (unpaired) electrons. The van der Waals surface area contributed by atoms with Crippen LogP contribution in [0.4, 0.5) is 5.95 Å². The van der Waals surface area contributed by atoms with Crippen molar-refractivity contribution in [2.24, 2.45) is 5.92 Å². The van der Waals surface area contributed by atoms with Crippen LogP contribution in [0.3, 0.4) is 0 Å². The lowest BCUT2D eigenvalue weighted by molar-refractivity contribution is -0.127. The molecule has 0 aliphatic carbocycles. The number of carbonyl (C=O) groups excluding carboxylic acids is 2. The van der Waals surface area contributed by atoms with Crippen LogP contribution in [0.15, 0.2) is 48.5 Å². The van der Waals surface area contributed by atoms with E-state index < -0.39 is 6.04 Å². The number of halogens is 1. The molecule has 0 spiro atoms. The number of H-pyrrole nitrogens is 1. The number of rotatable bonds is 7. The zero-order valence-electron chi connectivity index (χ0n) is 15.8. The molecule has 2 aromatic carbocycles. The van der Waals surface area contributed by atoms with Crippen LogP contribution in [0, 0.1) is 5.92 Å². The van der Waals surface area contributed by atoms with E-state index in [0.29, 0.717) is 11.0 Å². The molecular formula is C21H23ClN4O2.